The lowest BCUT2D eigenvalue weighted by atomic mass is 10.3. The van der Waals surface area contributed by atoms with Gasteiger partial charge in [-0.3, -0.25) is 0 Å². The summed E-state index contributed by atoms with van der Waals surface area (Å²) in [6.45, 7) is 0. The number of benzene rings is 1. The number of hydrogen-bond acceptors (Lipinski definition) is 5. The van der Waals surface area contributed by atoms with Gasteiger partial charge in [0.05, 0.1) is 10.2 Å². The van der Waals surface area contributed by atoms with E-state index in [4.69, 9.17) is 15.9 Å². The Labute approximate surface area is 71.9 Å². The fourth-order valence-corrected chi connectivity index (χ4v) is 1.72. The van der Waals surface area contributed by atoms with E-state index >= 15 is 0 Å². The summed E-state index contributed by atoms with van der Waals surface area (Å²) in [6, 6.07) is 2.83. The number of rotatable bonds is 0. The third-order valence-corrected chi connectivity index (χ3v) is 2.35. The van der Waals surface area contributed by atoms with E-state index in [2.05, 4.69) is 4.98 Å². The van der Waals surface area contributed by atoms with Gasteiger partial charge >= 0.3 is 0 Å². The van der Waals surface area contributed by atoms with Crippen molar-refractivity contribution in [3.8, 4) is 11.5 Å². The largest absolute Gasteiger partial charge is 0.504 e. The zero-order valence-corrected chi connectivity index (χ0v) is 6.80. The van der Waals surface area contributed by atoms with Crippen molar-refractivity contribution in [3.05, 3.63) is 12.1 Å². The van der Waals surface area contributed by atoms with Crippen LogP contribution in [0.1, 0.15) is 0 Å². The molecule has 1 heterocycles. The van der Waals surface area contributed by atoms with Gasteiger partial charge < -0.3 is 15.9 Å². The van der Waals surface area contributed by atoms with E-state index in [0.717, 1.165) is 4.70 Å². The second-order valence-corrected chi connectivity index (χ2v) is 3.42. The molecule has 2 rings (SSSR count). The van der Waals surface area contributed by atoms with Crippen molar-refractivity contribution in [2.24, 2.45) is 0 Å². The molecule has 0 unspecified atom stereocenters. The third-order valence-electron chi connectivity index (χ3n) is 1.50. The Morgan fingerprint density at radius 1 is 1.25 bits per heavy atom. The number of fused-ring (bicyclic) bond motifs is 1. The van der Waals surface area contributed by atoms with Gasteiger partial charge in [-0.15, -0.1) is 0 Å². The lowest BCUT2D eigenvalue weighted by Crippen LogP contribution is -1.78. The van der Waals surface area contributed by atoms with Gasteiger partial charge in [0.2, 0.25) is 0 Å². The van der Waals surface area contributed by atoms with Crippen LogP contribution in [0.2, 0.25) is 0 Å². The van der Waals surface area contributed by atoms with Crippen LogP contribution in [0.25, 0.3) is 10.2 Å². The zero-order valence-electron chi connectivity index (χ0n) is 5.98. The molecule has 4 N–H and O–H groups in total. The SMILES string of the molecule is Nc1nc2cc(O)c(O)cc2s1. The second kappa shape index (κ2) is 2.25. The van der Waals surface area contributed by atoms with Crippen molar-refractivity contribution in [1.29, 1.82) is 0 Å². The van der Waals surface area contributed by atoms with E-state index in [-0.39, 0.29) is 11.5 Å². The molecule has 0 fully saturated rings. The third kappa shape index (κ3) is 0.947. The molecule has 4 nitrogen and oxygen atoms in total. The van der Waals surface area contributed by atoms with Crippen LogP contribution >= 0.6 is 11.3 Å². The minimum absolute atomic E-state index is 0.147. The maximum absolute atomic E-state index is 9.11. The molecular formula is C7H6N2O2S. The molecule has 0 bridgehead atoms. The number of thiazole rings is 1. The molecular weight excluding hydrogens is 176 g/mol. The molecule has 0 aliphatic heterocycles. The monoisotopic (exact) mass is 182 g/mol. The van der Waals surface area contributed by atoms with Crippen molar-refractivity contribution in [1.82, 2.24) is 4.98 Å². The molecule has 5 heteroatoms. The fourth-order valence-electron chi connectivity index (χ4n) is 0.970. The van der Waals surface area contributed by atoms with Crippen molar-refractivity contribution in [3.63, 3.8) is 0 Å². The van der Waals surface area contributed by atoms with Gasteiger partial charge in [-0.25, -0.2) is 4.98 Å². The number of nitrogen functional groups attached to an aromatic ring is 1. The van der Waals surface area contributed by atoms with Crippen LogP contribution in [0, 0.1) is 0 Å². The normalized spacial score (nSPS) is 10.7. The number of phenols is 2. The summed E-state index contributed by atoms with van der Waals surface area (Å²) in [5.41, 5.74) is 6.04. The van der Waals surface area contributed by atoms with Crippen LogP contribution in [-0.2, 0) is 0 Å². The van der Waals surface area contributed by atoms with Gasteiger partial charge in [0, 0.05) is 12.1 Å². The standard InChI is InChI=1S/C7H6N2O2S/c8-7-9-3-1-4(10)5(11)2-6(3)12-7/h1-2,10-11H,(H2,8,9). The number of hydrogen-bond donors (Lipinski definition) is 3. The van der Waals surface area contributed by atoms with Crippen LogP contribution in [0.15, 0.2) is 12.1 Å². The van der Waals surface area contributed by atoms with Crippen LogP contribution in [0.5, 0.6) is 11.5 Å². The summed E-state index contributed by atoms with van der Waals surface area (Å²) in [7, 11) is 0. The highest BCUT2D eigenvalue weighted by molar-refractivity contribution is 7.22. The number of nitrogens with two attached hydrogens (primary N) is 1. The average Bonchev–Trinajstić information content (AvgIpc) is 2.30. The summed E-state index contributed by atoms with van der Waals surface area (Å²) in [6.07, 6.45) is 0. The minimum Gasteiger partial charge on any atom is -0.504 e. The van der Waals surface area contributed by atoms with Gasteiger partial charge in [0.1, 0.15) is 0 Å². The van der Waals surface area contributed by atoms with E-state index in [1.54, 1.807) is 0 Å². The van der Waals surface area contributed by atoms with Crippen molar-refractivity contribution in [2.45, 2.75) is 0 Å². The Morgan fingerprint density at radius 2 is 1.92 bits per heavy atom. The molecule has 12 heavy (non-hydrogen) atoms. The first-order valence-corrected chi connectivity index (χ1v) is 4.06. The summed E-state index contributed by atoms with van der Waals surface area (Å²) < 4.78 is 0.766. The first-order chi connectivity index (χ1) is 5.66. The van der Waals surface area contributed by atoms with Crippen LogP contribution in [0.4, 0.5) is 5.13 Å². The number of nitrogens with zero attached hydrogens (tertiary/aromatic N) is 1. The highest BCUT2D eigenvalue weighted by Gasteiger charge is 2.05. The highest BCUT2D eigenvalue weighted by atomic mass is 32.1. The zero-order chi connectivity index (χ0) is 8.72. The molecule has 1 aromatic heterocycles. The molecule has 0 atom stereocenters. The molecule has 0 saturated carbocycles. The number of aromatic nitrogens is 1. The molecule has 0 aliphatic carbocycles. The second-order valence-electron chi connectivity index (χ2n) is 2.36. The van der Waals surface area contributed by atoms with Crippen LogP contribution in [-0.4, -0.2) is 15.2 Å². The Bertz CT molecular complexity index is 399. The average molecular weight is 182 g/mol. The van der Waals surface area contributed by atoms with Crippen molar-refractivity contribution >= 4 is 26.7 Å². The lowest BCUT2D eigenvalue weighted by Gasteiger charge is -1.94. The van der Waals surface area contributed by atoms with Gasteiger partial charge in [-0.1, -0.05) is 11.3 Å². The predicted molar refractivity (Wildman–Crippen MR) is 47.4 cm³/mol. The van der Waals surface area contributed by atoms with E-state index in [9.17, 15) is 0 Å². The molecule has 62 valence electrons. The van der Waals surface area contributed by atoms with Crippen LogP contribution in [0.3, 0.4) is 0 Å². The molecule has 1 aromatic carbocycles. The molecule has 0 radical (unpaired) electrons. The summed E-state index contributed by atoms with van der Waals surface area (Å²) in [5.74, 6) is -0.320. The Hall–Kier alpha value is -1.49. The van der Waals surface area contributed by atoms with Crippen molar-refractivity contribution in [2.75, 3.05) is 5.73 Å². The first-order valence-electron chi connectivity index (χ1n) is 3.25. The topological polar surface area (TPSA) is 79.4 Å². The molecule has 0 amide bonds. The Morgan fingerprint density at radius 3 is 2.67 bits per heavy atom. The molecule has 0 saturated heterocycles. The first kappa shape index (κ1) is 7.17. The Kier molecular flexibility index (Phi) is 1.34. The van der Waals surface area contributed by atoms with Gasteiger partial charge in [0.15, 0.2) is 16.6 Å². The van der Waals surface area contributed by atoms with E-state index in [0.29, 0.717) is 10.6 Å². The maximum atomic E-state index is 9.11. The quantitative estimate of drug-likeness (QED) is 0.536. The summed E-state index contributed by atoms with van der Waals surface area (Å²) in [4.78, 5) is 3.94. The summed E-state index contributed by atoms with van der Waals surface area (Å²) in [5, 5.41) is 18.6. The van der Waals surface area contributed by atoms with Crippen molar-refractivity contribution < 1.29 is 10.2 Å². The molecule has 0 spiro atoms. The fraction of sp³-hybridized carbons (Fsp3) is 0. The lowest BCUT2D eigenvalue weighted by molar-refractivity contribution is 0.405. The number of phenolic OH excluding ortho intramolecular Hbond substituents is 2. The maximum Gasteiger partial charge on any atom is 0.181 e. The van der Waals surface area contributed by atoms with E-state index in [1.807, 2.05) is 0 Å². The van der Waals surface area contributed by atoms with E-state index < -0.39 is 0 Å². The number of aromatic hydroxyl groups is 2. The van der Waals surface area contributed by atoms with Gasteiger partial charge in [0.25, 0.3) is 0 Å². The number of anilines is 1. The van der Waals surface area contributed by atoms with Gasteiger partial charge in [-0.2, -0.15) is 0 Å². The van der Waals surface area contributed by atoms with Gasteiger partial charge in [-0.05, 0) is 0 Å². The Balaban J connectivity index is 2.83. The highest BCUT2D eigenvalue weighted by Crippen LogP contribution is 2.33. The minimum atomic E-state index is -0.173. The summed E-state index contributed by atoms with van der Waals surface area (Å²) >= 11 is 1.27. The van der Waals surface area contributed by atoms with E-state index in [1.165, 1.54) is 23.5 Å². The predicted octanol–water partition coefficient (Wildman–Crippen LogP) is 1.29. The molecule has 0 aliphatic rings. The smallest absolute Gasteiger partial charge is 0.181 e. The molecule has 2 aromatic rings. The van der Waals surface area contributed by atoms with Crippen LogP contribution < -0.4 is 5.73 Å².